The molecule has 2 aromatic heterocycles. The summed E-state index contributed by atoms with van der Waals surface area (Å²) in [5.74, 6) is 1.81. The van der Waals surface area contributed by atoms with Gasteiger partial charge in [-0.05, 0) is 36.6 Å². The number of thiophene rings is 1. The lowest BCUT2D eigenvalue weighted by Crippen LogP contribution is -2.25. The summed E-state index contributed by atoms with van der Waals surface area (Å²) < 4.78 is 13.7. The maximum atomic E-state index is 13.1. The molecule has 2 heterocycles. The quantitative estimate of drug-likeness (QED) is 0.445. The van der Waals surface area contributed by atoms with Crippen LogP contribution in [0.15, 0.2) is 47.3 Å². The molecule has 0 aliphatic heterocycles. The lowest BCUT2D eigenvalue weighted by Gasteiger charge is -2.12. The zero-order valence-corrected chi connectivity index (χ0v) is 18.2. The fourth-order valence-electron chi connectivity index (χ4n) is 3.65. The first kappa shape index (κ1) is 20.2. The number of methoxy groups -OCH3 is 2. The molecule has 4 aromatic rings. The van der Waals surface area contributed by atoms with E-state index in [2.05, 4.69) is 29.4 Å². The average Bonchev–Trinajstić information content (AvgIpc) is 3.14. The largest absolute Gasteiger partial charge is 0.493 e. The molecular formula is C23H25N3O3S. The highest BCUT2D eigenvalue weighted by Crippen LogP contribution is 2.32. The summed E-state index contributed by atoms with van der Waals surface area (Å²) in [4.78, 5) is 18.7. The number of nitrogens with zero attached hydrogens (tertiary/aromatic N) is 2. The van der Waals surface area contributed by atoms with Crippen molar-refractivity contribution in [1.82, 2.24) is 9.55 Å². The van der Waals surface area contributed by atoms with Gasteiger partial charge in [0.1, 0.15) is 4.83 Å². The predicted octanol–water partition coefficient (Wildman–Crippen LogP) is 4.69. The summed E-state index contributed by atoms with van der Waals surface area (Å²) in [5.41, 5.74) is 1.96. The molecule has 0 spiro atoms. The van der Waals surface area contributed by atoms with E-state index in [-0.39, 0.29) is 5.56 Å². The SMILES string of the molecule is CCCn1c(=O)c(NCCc2ccc(OC)c(OC)c2)nc2sc3ccccc3c21. The third-order valence-electron chi connectivity index (χ3n) is 5.08. The normalized spacial score (nSPS) is 11.2. The Balaban J connectivity index is 1.62. The van der Waals surface area contributed by atoms with E-state index in [1.807, 2.05) is 34.9 Å². The van der Waals surface area contributed by atoms with Crippen LogP contribution < -0.4 is 20.3 Å². The number of aryl methyl sites for hydroxylation is 1. The minimum absolute atomic E-state index is 0.0692. The van der Waals surface area contributed by atoms with Crippen molar-refractivity contribution in [3.05, 3.63) is 58.4 Å². The maximum Gasteiger partial charge on any atom is 0.293 e. The third kappa shape index (κ3) is 3.73. The summed E-state index contributed by atoms with van der Waals surface area (Å²) in [6, 6.07) is 14.0. The van der Waals surface area contributed by atoms with Crippen LogP contribution in [0.1, 0.15) is 18.9 Å². The Morgan fingerprint density at radius 2 is 1.90 bits per heavy atom. The molecule has 0 amide bonds. The van der Waals surface area contributed by atoms with Gasteiger partial charge in [0, 0.05) is 23.2 Å². The molecule has 7 heteroatoms. The number of fused-ring (bicyclic) bond motifs is 3. The summed E-state index contributed by atoms with van der Waals surface area (Å²) in [6.07, 6.45) is 1.62. The number of ether oxygens (including phenoxy) is 2. The van der Waals surface area contributed by atoms with Crippen LogP contribution >= 0.6 is 11.3 Å². The Morgan fingerprint density at radius 1 is 1.10 bits per heavy atom. The van der Waals surface area contributed by atoms with Crippen LogP contribution in [0.3, 0.4) is 0 Å². The van der Waals surface area contributed by atoms with Crippen LogP contribution in [-0.2, 0) is 13.0 Å². The van der Waals surface area contributed by atoms with E-state index < -0.39 is 0 Å². The molecular weight excluding hydrogens is 398 g/mol. The summed E-state index contributed by atoms with van der Waals surface area (Å²) in [6.45, 7) is 3.35. The number of nitrogens with one attached hydrogen (secondary N) is 1. The highest BCUT2D eigenvalue weighted by Gasteiger charge is 2.15. The Kier molecular flexibility index (Phi) is 5.90. The molecule has 4 rings (SSSR count). The van der Waals surface area contributed by atoms with Gasteiger partial charge in [0.25, 0.3) is 5.56 Å². The highest BCUT2D eigenvalue weighted by molar-refractivity contribution is 7.25. The molecule has 156 valence electrons. The van der Waals surface area contributed by atoms with Gasteiger partial charge in [-0.3, -0.25) is 4.79 Å². The zero-order chi connectivity index (χ0) is 21.1. The first-order valence-electron chi connectivity index (χ1n) is 10.0. The number of anilines is 1. The second-order valence-electron chi connectivity index (χ2n) is 7.04. The highest BCUT2D eigenvalue weighted by atomic mass is 32.1. The molecule has 2 aromatic carbocycles. The van der Waals surface area contributed by atoms with Crippen molar-refractivity contribution in [3.8, 4) is 11.5 Å². The van der Waals surface area contributed by atoms with E-state index in [1.165, 1.54) is 0 Å². The number of hydrogen-bond donors (Lipinski definition) is 1. The molecule has 0 atom stereocenters. The standard InChI is InChI=1S/C23H25N3O3S/c1-4-13-26-20-16-7-5-6-8-19(16)30-22(20)25-21(23(26)27)24-12-11-15-9-10-17(28-2)18(14-15)29-3/h5-10,14H,4,11-13H2,1-3H3,(H,24,25). The molecule has 0 unspecified atom stereocenters. The van der Waals surface area contributed by atoms with Crippen LogP contribution in [0, 0.1) is 0 Å². The first-order valence-corrected chi connectivity index (χ1v) is 10.8. The van der Waals surface area contributed by atoms with Crippen molar-refractivity contribution < 1.29 is 9.47 Å². The minimum atomic E-state index is -0.0692. The second-order valence-corrected chi connectivity index (χ2v) is 8.07. The summed E-state index contributed by atoms with van der Waals surface area (Å²) >= 11 is 1.62. The zero-order valence-electron chi connectivity index (χ0n) is 17.4. The summed E-state index contributed by atoms with van der Waals surface area (Å²) in [7, 11) is 3.25. The molecule has 0 radical (unpaired) electrons. The number of aromatic nitrogens is 2. The average molecular weight is 424 g/mol. The Hall–Kier alpha value is -3.06. The van der Waals surface area contributed by atoms with Crippen molar-refractivity contribution in [2.24, 2.45) is 0 Å². The van der Waals surface area contributed by atoms with Gasteiger partial charge in [0.2, 0.25) is 0 Å². The molecule has 0 bridgehead atoms. The Morgan fingerprint density at radius 3 is 2.67 bits per heavy atom. The van der Waals surface area contributed by atoms with Gasteiger partial charge in [-0.25, -0.2) is 4.98 Å². The number of rotatable bonds is 8. The molecule has 30 heavy (non-hydrogen) atoms. The second kappa shape index (κ2) is 8.75. The number of benzene rings is 2. The van der Waals surface area contributed by atoms with E-state index in [0.29, 0.717) is 30.4 Å². The van der Waals surface area contributed by atoms with Crippen molar-refractivity contribution in [2.45, 2.75) is 26.3 Å². The smallest absolute Gasteiger partial charge is 0.293 e. The predicted molar refractivity (Wildman–Crippen MR) is 123 cm³/mol. The molecule has 0 fully saturated rings. The van der Waals surface area contributed by atoms with Crippen LogP contribution in [0.4, 0.5) is 5.82 Å². The van der Waals surface area contributed by atoms with E-state index in [9.17, 15) is 4.79 Å². The van der Waals surface area contributed by atoms with E-state index in [4.69, 9.17) is 9.47 Å². The number of hydrogen-bond acceptors (Lipinski definition) is 6. The van der Waals surface area contributed by atoms with Crippen molar-refractivity contribution in [3.63, 3.8) is 0 Å². The van der Waals surface area contributed by atoms with Crippen molar-refractivity contribution >= 4 is 37.6 Å². The minimum Gasteiger partial charge on any atom is -0.493 e. The lowest BCUT2D eigenvalue weighted by atomic mass is 10.1. The van der Waals surface area contributed by atoms with Crippen LogP contribution in [0.2, 0.25) is 0 Å². The van der Waals surface area contributed by atoms with Crippen molar-refractivity contribution in [2.75, 3.05) is 26.1 Å². The van der Waals surface area contributed by atoms with Gasteiger partial charge in [-0.1, -0.05) is 31.2 Å². The first-order chi connectivity index (χ1) is 14.7. The molecule has 0 aliphatic carbocycles. The van der Waals surface area contributed by atoms with Crippen molar-refractivity contribution in [1.29, 1.82) is 0 Å². The molecule has 0 saturated carbocycles. The third-order valence-corrected chi connectivity index (χ3v) is 6.14. The topological polar surface area (TPSA) is 65.4 Å². The monoisotopic (exact) mass is 423 g/mol. The van der Waals surface area contributed by atoms with Gasteiger partial charge in [-0.15, -0.1) is 11.3 Å². The Bertz CT molecular complexity index is 1250. The van der Waals surface area contributed by atoms with E-state index >= 15 is 0 Å². The summed E-state index contributed by atoms with van der Waals surface area (Å²) in [5, 5.41) is 4.34. The van der Waals surface area contributed by atoms with Gasteiger partial charge in [-0.2, -0.15) is 0 Å². The molecule has 1 N–H and O–H groups in total. The maximum absolute atomic E-state index is 13.1. The van der Waals surface area contributed by atoms with Gasteiger partial charge in [0.15, 0.2) is 17.3 Å². The van der Waals surface area contributed by atoms with Gasteiger partial charge >= 0.3 is 0 Å². The fraction of sp³-hybridized carbons (Fsp3) is 0.304. The molecule has 6 nitrogen and oxygen atoms in total. The van der Waals surface area contributed by atoms with Gasteiger partial charge < -0.3 is 19.4 Å². The van der Waals surface area contributed by atoms with E-state index in [0.717, 1.165) is 38.8 Å². The van der Waals surface area contributed by atoms with Crippen LogP contribution in [-0.4, -0.2) is 30.3 Å². The molecule has 0 saturated heterocycles. The van der Waals surface area contributed by atoms with Crippen LogP contribution in [0.25, 0.3) is 20.4 Å². The lowest BCUT2D eigenvalue weighted by molar-refractivity contribution is 0.354. The fourth-order valence-corrected chi connectivity index (χ4v) is 4.73. The van der Waals surface area contributed by atoms with E-state index in [1.54, 1.807) is 25.6 Å². The Labute approximate surface area is 179 Å². The van der Waals surface area contributed by atoms with Gasteiger partial charge in [0.05, 0.1) is 19.7 Å². The molecule has 0 aliphatic rings. The van der Waals surface area contributed by atoms with Crippen LogP contribution in [0.5, 0.6) is 11.5 Å².